The third-order valence-corrected chi connectivity index (χ3v) is 1.22. The molecule has 2 heteroatoms. The van der Waals surface area contributed by atoms with Crippen LogP contribution in [0, 0.1) is 0 Å². The second kappa shape index (κ2) is 4.07. The van der Waals surface area contributed by atoms with E-state index in [-0.39, 0.29) is 5.78 Å². The van der Waals surface area contributed by atoms with Gasteiger partial charge in [0.15, 0.2) is 5.78 Å². The Kier molecular flexibility index (Phi) is 3.74. The highest BCUT2D eigenvalue weighted by atomic mass is 35.5. The van der Waals surface area contributed by atoms with Crippen LogP contribution in [0.15, 0.2) is 35.9 Å². The van der Waals surface area contributed by atoms with Gasteiger partial charge in [-0.2, -0.15) is 0 Å². The summed E-state index contributed by atoms with van der Waals surface area (Å²) < 4.78 is 0. The average Bonchev–Trinajstić information content (AvgIpc) is 1.87. The molecule has 0 aromatic heterocycles. The summed E-state index contributed by atoms with van der Waals surface area (Å²) in [6.07, 6.45) is 2.94. The van der Waals surface area contributed by atoms with E-state index >= 15 is 0 Å². The zero-order valence-electron chi connectivity index (χ0n) is 5.86. The van der Waals surface area contributed by atoms with Crippen LogP contribution in [0.1, 0.15) is 6.92 Å². The fraction of sp³-hybridized carbons (Fsp3) is 0.125. The zero-order valence-corrected chi connectivity index (χ0v) is 6.61. The van der Waals surface area contributed by atoms with Crippen molar-refractivity contribution in [3.05, 3.63) is 35.9 Å². The van der Waals surface area contributed by atoms with Crippen LogP contribution in [-0.4, -0.2) is 5.78 Å². The van der Waals surface area contributed by atoms with E-state index in [0.29, 0.717) is 10.6 Å². The molecule has 0 bridgehead atoms. The molecule has 0 aliphatic carbocycles. The Hall–Kier alpha value is -0.820. The molecule has 0 aliphatic heterocycles. The molecule has 0 aromatic rings. The minimum absolute atomic E-state index is 0.0833. The number of carbonyl (C=O) groups excluding carboxylic acids is 1. The van der Waals surface area contributed by atoms with E-state index in [0.717, 1.165) is 0 Å². The van der Waals surface area contributed by atoms with Crippen LogP contribution < -0.4 is 0 Å². The van der Waals surface area contributed by atoms with E-state index in [2.05, 4.69) is 13.2 Å². The SMILES string of the molecule is C=CC(Cl)=CC(=C)C(C)=O. The Balaban J connectivity index is 4.27. The van der Waals surface area contributed by atoms with Crippen LogP contribution >= 0.6 is 11.6 Å². The van der Waals surface area contributed by atoms with Gasteiger partial charge in [-0.3, -0.25) is 4.79 Å². The van der Waals surface area contributed by atoms with Crippen molar-refractivity contribution in [1.29, 1.82) is 0 Å². The van der Waals surface area contributed by atoms with E-state index in [4.69, 9.17) is 11.6 Å². The average molecular weight is 157 g/mol. The van der Waals surface area contributed by atoms with Crippen molar-refractivity contribution < 1.29 is 4.79 Å². The van der Waals surface area contributed by atoms with E-state index in [1.54, 1.807) is 0 Å². The summed E-state index contributed by atoms with van der Waals surface area (Å²) in [4.78, 5) is 10.6. The maximum absolute atomic E-state index is 10.6. The maximum Gasteiger partial charge on any atom is 0.159 e. The van der Waals surface area contributed by atoms with Gasteiger partial charge in [-0.1, -0.05) is 30.8 Å². The monoisotopic (exact) mass is 156 g/mol. The molecule has 0 atom stereocenters. The molecule has 0 aromatic carbocycles. The van der Waals surface area contributed by atoms with Crippen molar-refractivity contribution in [2.75, 3.05) is 0 Å². The van der Waals surface area contributed by atoms with Crippen LogP contribution in [-0.2, 0) is 4.79 Å². The largest absolute Gasteiger partial charge is 0.295 e. The first-order chi connectivity index (χ1) is 4.57. The number of allylic oxidation sites excluding steroid dienone is 4. The van der Waals surface area contributed by atoms with Crippen molar-refractivity contribution in [3.8, 4) is 0 Å². The molecule has 0 unspecified atom stereocenters. The molecule has 0 aliphatic rings. The summed E-state index contributed by atoms with van der Waals surface area (Å²) in [5, 5.41) is 0.431. The minimum atomic E-state index is -0.0833. The quantitative estimate of drug-likeness (QED) is 0.453. The maximum atomic E-state index is 10.6. The number of carbonyl (C=O) groups is 1. The van der Waals surface area contributed by atoms with Gasteiger partial charge < -0.3 is 0 Å². The molecule has 0 N–H and O–H groups in total. The van der Waals surface area contributed by atoms with Crippen LogP contribution in [0.2, 0.25) is 0 Å². The number of halogens is 1. The van der Waals surface area contributed by atoms with Gasteiger partial charge in [0.2, 0.25) is 0 Å². The first-order valence-corrected chi connectivity index (χ1v) is 3.15. The zero-order chi connectivity index (χ0) is 8.15. The smallest absolute Gasteiger partial charge is 0.159 e. The lowest BCUT2D eigenvalue weighted by molar-refractivity contribution is -0.113. The summed E-state index contributed by atoms with van der Waals surface area (Å²) in [7, 11) is 0. The van der Waals surface area contributed by atoms with Crippen molar-refractivity contribution in [1.82, 2.24) is 0 Å². The van der Waals surface area contributed by atoms with Crippen LogP contribution in [0.5, 0.6) is 0 Å². The molecule has 0 fully saturated rings. The topological polar surface area (TPSA) is 17.1 Å². The van der Waals surface area contributed by atoms with Gasteiger partial charge >= 0.3 is 0 Å². The van der Waals surface area contributed by atoms with Crippen LogP contribution in [0.4, 0.5) is 0 Å². The van der Waals surface area contributed by atoms with Crippen LogP contribution in [0.3, 0.4) is 0 Å². The lowest BCUT2D eigenvalue weighted by Gasteiger charge is -1.90. The van der Waals surface area contributed by atoms with E-state index in [1.807, 2.05) is 0 Å². The molecule has 0 radical (unpaired) electrons. The number of hydrogen-bond acceptors (Lipinski definition) is 1. The molecule has 0 saturated heterocycles. The first-order valence-electron chi connectivity index (χ1n) is 2.77. The Morgan fingerprint density at radius 2 is 2.10 bits per heavy atom. The number of rotatable bonds is 3. The minimum Gasteiger partial charge on any atom is -0.295 e. The molecular formula is C8H9ClO. The summed E-state index contributed by atoms with van der Waals surface area (Å²) in [5.74, 6) is -0.0833. The van der Waals surface area contributed by atoms with Gasteiger partial charge in [0, 0.05) is 10.6 Å². The lowest BCUT2D eigenvalue weighted by atomic mass is 10.2. The molecule has 0 saturated carbocycles. The Morgan fingerprint density at radius 3 is 2.40 bits per heavy atom. The summed E-state index contributed by atoms with van der Waals surface area (Å²) >= 11 is 5.53. The van der Waals surface area contributed by atoms with Gasteiger partial charge in [-0.25, -0.2) is 0 Å². The highest BCUT2D eigenvalue weighted by Crippen LogP contribution is 2.06. The molecule has 0 amide bonds. The van der Waals surface area contributed by atoms with Gasteiger partial charge in [0.25, 0.3) is 0 Å². The molecular weight excluding hydrogens is 148 g/mol. The first kappa shape index (κ1) is 9.18. The fourth-order valence-corrected chi connectivity index (χ4v) is 0.459. The number of ketones is 1. The molecule has 1 nitrogen and oxygen atoms in total. The van der Waals surface area contributed by atoms with Gasteiger partial charge in [0.1, 0.15) is 0 Å². The summed E-state index contributed by atoms with van der Waals surface area (Å²) in [6.45, 7) is 8.34. The normalized spacial score (nSPS) is 10.8. The number of Topliss-reactive ketones (excluding diaryl/α,β-unsaturated/α-hetero) is 1. The predicted molar refractivity (Wildman–Crippen MR) is 44.0 cm³/mol. The standard InChI is InChI=1S/C8H9ClO/c1-4-8(9)5-6(2)7(3)10/h4-5H,1-2H2,3H3. The van der Waals surface area contributed by atoms with Gasteiger partial charge in [0.05, 0.1) is 0 Å². The molecule has 54 valence electrons. The summed E-state index contributed by atoms with van der Waals surface area (Å²) in [6, 6.07) is 0. The molecule has 0 spiro atoms. The lowest BCUT2D eigenvalue weighted by Crippen LogP contribution is -1.90. The molecule has 10 heavy (non-hydrogen) atoms. The highest BCUT2D eigenvalue weighted by molar-refractivity contribution is 6.31. The van der Waals surface area contributed by atoms with Crippen molar-refractivity contribution >= 4 is 17.4 Å². The van der Waals surface area contributed by atoms with Crippen molar-refractivity contribution in [2.24, 2.45) is 0 Å². The van der Waals surface area contributed by atoms with Crippen LogP contribution in [0.25, 0.3) is 0 Å². The van der Waals surface area contributed by atoms with Crippen molar-refractivity contribution in [3.63, 3.8) is 0 Å². The highest BCUT2D eigenvalue weighted by Gasteiger charge is 1.95. The van der Waals surface area contributed by atoms with E-state index in [1.165, 1.54) is 19.1 Å². The second-order valence-electron chi connectivity index (χ2n) is 1.81. The third kappa shape index (κ3) is 3.25. The van der Waals surface area contributed by atoms with E-state index < -0.39 is 0 Å². The Morgan fingerprint density at radius 1 is 1.60 bits per heavy atom. The van der Waals surface area contributed by atoms with Crippen molar-refractivity contribution in [2.45, 2.75) is 6.92 Å². The molecule has 0 heterocycles. The molecule has 0 rings (SSSR count). The Bertz CT molecular complexity index is 201. The second-order valence-corrected chi connectivity index (χ2v) is 2.25. The number of hydrogen-bond donors (Lipinski definition) is 0. The third-order valence-electron chi connectivity index (χ3n) is 0.959. The summed E-state index contributed by atoms with van der Waals surface area (Å²) in [5.41, 5.74) is 0.393. The Labute approximate surface area is 65.7 Å². The van der Waals surface area contributed by atoms with Gasteiger partial charge in [-0.15, -0.1) is 0 Å². The van der Waals surface area contributed by atoms with E-state index in [9.17, 15) is 4.79 Å². The predicted octanol–water partition coefficient (Wildman–Crippen LogP) is 2.44. The van der Waals surface area contributed by atoms with Gasteiger partial charge in [-0.05, 0) is 13.0 Å². The fourth-order valence-electron chi connectivity index (χ4n) is 0.327.